The molecule has 0 saturated carbocycles. The second-order valence-electron chi connectivity index (χ2n) is 9.09. The van der Waals surface area contributed by atoms with Gasteiger partial charge >= 0.3 is 6.18 Å². The van der Waals surface area contributed by atoms with Crippen molar-refractivity contribution in [3.63, 3.8) is 0 Å². The monoisotopic (exact) mass is 594 g/mol. The van der Waals surface area contributed by atoms with Gasteiger partial charge in [0.15, 0.2) is 5.76 Å². The number of halogens is 3. The smallest absolute Gasteiger partial charge is 0.416 e. The number of carbonyl (C=O) groups is 1. The van der Waals surface area contributed by atoms with Crippen molar-refractivity contribution >= 4 is 38.9 Å². The molecule has 0 aliphatic carbocycles. The molecule has 0 atom stereocenters. The largest absolute Gasteiger partial charge is 0.496 e. The number of aromatic nitrogens is 3. The van der Waals surface area contributed by atoms with Gasteiger partial charge in [-0.15, -0.1) is 5.10 Å². The number of imidazole rings is 1. The molecule has 0 aliphatic heterocycles. The first-order valence-corrected chi connectivity index (χ1v) is 13.2. The second-order valence-corrected chi connectivity index (χ2v) is 10.0. The van der Waals surface area contributed by atoms with Crippen LogP contribution in [0.3, 0.4) is 0 Å². The number of nitrogens with one attached hydrogen (secondary N) is 1. The number of furan rings is 1. The first-order valence-electron chi connectivity index (χ1n) is 12.4. The summed E-state index contributed by atoms with van der Waals surface area (Å²) in [5.41, 5.74) is 1.62. The highest BCUT2D eigenvalue weighted by Crippen LogP contribution is 2.38. The molecular weight excluding hydrogens is 573 g/mol. The number of hydrogen-bond donors (Lipinski definition) is 1. The molecular formula is C29H21F3N4O5S. The van der Waals surface area contributed by atoms with E-state index in [-0.39, 0.29) is 12.2 Å². The van der Waals surface area contributed by atoms with Gasteiger partial charge in [0.05, 0.1) is 31.4 Å². The van der Waals surface area contributed by atoms with Crippen LogP contribution in [0, 0.1) is 0 Å². The van der Waals surface area contributed by atoms with Gasteiger partial charge in [0, 0.05) is 23.4 Å². The van der Waals surface area contributed by atoms with Crippen LogP contribution in [0.4, 0.5) is 18.9 Å². The van der Waals surface area contributed by atoms with Crippen molar-refractivity contribution in [3.05, 3.63) is 89.6 Å². The van der Waals surface area contributed by atoms with Crippen LogP contribution in [-0.4, -0.2) is 34.7 Å². The minimum absolute atomic E-state index is 0.103. The van der Waals surface area contributed by atoms with Gasteiger partial charge in [0.25, 0.3) is 11.1 Å². The first-order chi connectivity index (χ1) is 20.2. The molecule has 0 spiro atoms. The predicted octanol–water partition coefficient (Wildman–Crippen LogP) is 7.07. The standard InChI is InChI=1S/C29H21F3N4O5S/c1-38-20-11-23(21-13-25(41-24(21)12-20)22-14-36-27(34-22)42-28(35-36)39-2)40-15-16-4-3-5-19(10-16)33-26(37)17-6-8-18(9-7-17)29(30,31)32/h3-14H,15H2,1-2H3,(H,33,37). The minimum atomic E-state index is -4.47. The van der Waals surface area contributed by atoms with Gasteiger partial charge < -0.3 is 23.9 Å². The highest BCUT2D eigenvalue weighted by Gasteiger charge is 2.30. The van der Waals surface area contributed by atoms with Crippen LogP contribution in [0.25, 0.3) is 27.4 Å². The van der Waals surface area contributed by atoms with Gasteiger partial charge in [-0.1, -0.05) is 12.1 Å². The summed E-state index contributed by atoms with van der Waals surface area (Å²) in [5, 5.41) is 8.20. The molecule has 214 valence electrons. The summed E-state index contributed by atoms with van der Waals surface area (Å²) in [7, 11) is 3.09. The van der Waals surface area contributed by atoms with E-state index >= 15 is 0 Å². The number of nitrogens with zero attached hydrogens (tertiary/aromatic N) is 3. The van der Waals surface area contributed by atoms with E-state index in [4.69, 9.17) is 18.6 Å². The molecule has 0 radical (unpaired) electrons. The Morgan fingerprint density at radius 2 is 1.86 bits per heavy atom. The molecule has 0 unspecified atom stereocenters. The lowest BCUT2D eigenvalue weighted by Gasteiger charge is -2.11. The highest BCUT2D eigenvalue weighted by atomic mass is 32.1. The van der Waals surface area contributed by atoms with Crippen molar-refractivity contribution in [1.29, 1.82) is 0 Å². The molecule has 0 saturated heterocycles. The van der Waals surface area contributed by atoms with E-state index in [0.717, 1.165) is 29.8 Å². The van der Waals surface area contributed by atoms with E-state index in [1.165, 1.54) is 11.3 Å². The van der Waals surface area contributed by atoms with E-state index in [0.29, 0.717) is 49.8 Å². The number of amides is 1. The van der Waals surface area contributed by atoms with Crippen molar-refractivity contribution in [2.24, 2.45) is 0 Å². The molecule has 6 aromatic rings. The molecule has 3 heterocycles. The van der Waals surface area contributed by atoms with Crippen LogP contribution in [0.15, 0.2) is 77.3 Å². The molecule has 0 fully saturated rings. The number of methoxy groups -OCH3 is 2. The molecule has 13 heteroatoms. The fourth-order valence-corrected chi connectivity index (χ4v) is 4.94. The summed E-state index contributed by atoms with van der Waals surface area (Å²) in [6.45, 7) is 0.149. The fourth-order valence-electron chi connectivity index (χ4n) is 4.24. The average molecular weight is 595 g/mol. The lowest BCUT2D eigenvalue weighted by molar-refractivity contribution is -0.137. The number of ether oxygens (including phenoxy) is 3. The first kappa shape index (κ1) is 27.1. The fraction of sp³-hybridized carbons (Fsp3) is 0.138. The van der Waals surface area contributed by atoms with Crippen LogP contribution < -0.4 is 19.5 Å². The Labute approximate surface area is 240 Å². The summed E-state index contributed by atoms with van der Waals surface area (Å²) < 4.78 is 62.9. The summed E-state index contributed by atoms with van der Waals surface area (Å²) in [5.74, 6) is 1.04. The Balaban J connectivity index is 1.20. The van der Waals surface area contributed by atoms with Crippen molar-refractivity contribution in [3.8, 4) is 28.1 Å². The van der Waals surface area contributed by atoms with Gasteiger partial charge in [-0.05, 0) is 59.4 Å². The zero-order chi connectivity index (χ0) is 29.4. The number of anilines is 1. The van der Waals surface area contributed by atoms with Gasteiger partial charge in [0.1, 0.15) is 29.4 Å². The topological polar surface area (TPSA) is 100 Å². The normalized spacial score (nSPS) is 11.6. The number of carbonyl (C=O) groups excluding carboxylic acids is 1. The van der Waals surface area contributed by atoms with Crippen molar-refractivity contribution in [1.82, 2.24) is 14.6 Å². The lowest BCUT2D eigenvalue weighted by Crippen LogP contribution is -2.13. The van der Waals surface area contributed by atoms with Crippen molar-refractivity contribution in [2.75, 3.05) is 19.5 Å². The summed E-state index contributed by atoms with van der Waals surface area (Å²) in [6.07, 6.45) is -2.73. The summed E-state index contributed by atoms with van der Waals surface area (Å²) in [6, 6.07) is 16.3. The maximum atomic E-state index is 12.8. The molecule has 0 bridgehead atoms. The van der Waals surface area contributed by atoms with Gasteiger partial charge in [-0.2, -0.15) is 13.2 Å². The molecule has 0 aliphatic rings. The lowest BCUT2D eigenvalue weighted by atomic mass is 10.1. The molecule has 3 aromatic carbocycles. The van der Waals surface area contributed by atoms with E-state index in [9.17, 15) is 18.0 Å². The molecule has 1 amide bonds. The van der Waals surface area contributed by atoms with Crippen LogP contribution in [0.2, 0.25) is 0 Å². The zero-order valence-corrected chi connectivity index (χ0v) is 22.9. The Morgan fingerprint density at radius 1 is 1.05 bits per heavy atom. The molecule has 1 N–H and O–H groups in total. The number of benzene rings is 3. The molecule has 3 aromatic heterocycles. The van der Waals surface area contributed by atoms with E-state index in [1.807, 2.05) is 12.1 Å². The van der Waals surface area contributed by atoms with Crippen LogP contribution in [-0.2, 0) is 12.8 Å². The number of alkyl halides is 3. The number of hydrogen-bond acceptors (Lipinski definition) is 8. The second kappa shape index (κ2) is 10.7. The highest BCUT2D eigenvalue weighted by molar-refractivity contribution is 7.18. The van der Waals surface area contributed by atoms with E-state index in [2.05, 4.69) is 15.4 Å². The third-order valence-corrected chi connectivity index (χ3v) is 7.20. The van der Waals surface area contributed by atoms with E-state index < -0.39 is 17.6 Å². The molecule has 42 heavy (non-hydrogen) atoms. The van der Waals surface area contributed by atoms with Crippen molar-refractivity contribution < 1.29 is 36.6 Å². The predicted molar refractivity (Wildman–Crippen MR) is 149 cm³/mol. The Morgan fingerprint density at radius 3 is 2.57 bits per heavy atom. The van der Waals surface area contributed by atoms with E-state index in [1.54, 1.807) is 55.3 Å². The van der Waals surface area contributed by atoms with Gasteiger partial charge in [0.2, 0.25) is 4.96 Å². The maximum Gasteiger partial charge on any atom is 0.416 e. The third-order valence-electron chi connectivity index (χ3n) is 6.31. The molecule has 6 rings (SSSR count). The number of fused-ring (bicyclic) bond motifs is 2. The van der Waals surface area contributed by atoms with Crippen LogP contribution in [0.1, 0.15) is 21.5 Å². The Bertz CT molecular complexity index is 1880. The maximum absolute atomic E-state index is 12.8. The van der Waals surface area contributed by atoms with Crippen molar-refractivity contribution in [2.45, 2.75) is 12.8 Å². The van der Waals surface area contributed by atoms with Crippen LogP contribution in [0.5, 0.6) is 16.7 Å². The third kappa shape index (κ3) is 5.46. The zero-order valence-electron chi connectivity index (χ0n) is 22.1. The van der Waals surface area contributed by atoms with Crippen LogP contribution >= 0.6 is 11.3 Å². The Kier molecular flexibility index (Phi) is 6.94. The quantitative estimate of drug-likeness (QED) is 0.201. The Hall–Kier alpha value is -5.04. The van der Waals surface area contributed by atoms with Gasteiger partial charge in [-0.25, -0.2) is 9.50 Å². The summed E-state index contributed by atoms with van der Waals surface area (Å²) in [4.78, 5) is 17.8. The SMILES string of the molecule is COc1cc(OCc2cccc(NC(=O)c3ccc(C(F)(F)F)cc3)c2)c2cc(-c3cn4nc(OC)sc4n3)oc2c1. The molecule has 9 nitrogen and oxygen atoms in total. The minimum Gasteiger partial charge on any atom is -0.496 e. The van der Waals surface area contributed by atoms with Gasteiger partial charge in [-0.3, -0.25) is 4.79 Å². The average Bonchev–Trinajstić information content (AvgIpc) is 3.69. The summed E-state index contributed by atoms with van der Waals surface area (Å²) >= 11 is 1.30. The number of rotatable bonds is 8.